The molecule has 0 saturated carbocycles. The number of imidazole rings is 1. The van der Waals surface area contributed by atoms with Crippen LogP contribution in [0.2, 0.25) is 0 Å². The van der Waals surface area contributed by atoms with Gasteiger partial charge in [0, 0.05) is 42.2 Å². The average Bonchev–Trinajstić information content (AvgIpc) is 3.76. The van der Waals surface area contributed by atoms with Crippen LogP contribution in [0.25, 0.3) is 11.4 Å². The largest absolute Gasteiger partial charge is 0.423 e. The van der Waals surface area contributed by atoms with E-state index < -0.39 is 11.9 Å². The Morgan fingerprint density at radius 1 is 0.574 bits per heavy atom. The van der Waals surface area contributed by atoms with Crippen LogP contribution >= 0.6 is 0 Å². The molecule has 1 fully saturated rings. The lowest BCUT2D eigenvalue weighted by atomic mass is 9.89. The van der Waals surface area contributed by atoms with Gasteiger partial charge in [-0.25, -0.2) is 14.6 Å². The molecule has 0 amide bonds. The Morgan fingerprint density at radius 2 is 1.02 bits per heavy atom. The summed E-state index contributed by atoms with van der Waals surface area (Å²) in [5, 5.41) is 14.8. The molecule has 1 aromatic heterocycles. The highest BCUT2D eigenvalue weighted by Gasteiger charge is 2.21. The van der Waals surface area contributed by atoms with Crippen LogP contribution in [0, 0.1) is 10.8 Å². The van der Waals surface area contributed by atoms with Crippen molar-refractivity contribution in [3.63, 3.8) is 0 Å². The van der Waals surface area contributed by atoms with E-state index in [1.165, 1.54) is 24.0 Å². The van der Waals surface area contributed by atoms with Crippen LogP contribution in [0.3, 0.4) is 0 Å². The number of carbonyl (C=O) groups excluding carboxylic acids is 2. The lowest BCUT2D eigenvalue weighted by Gasteiger charge is -2.32. The van der Waals surface area contributed by atoms with Gasteiger partial charge in [-0.3, -0.25) is 15.7 Å². The molecule has 2 heterocycles. The van der Waals surface area contributed by atoms with Crippen molar-refractivity contribution >= 4 is 23.6 Å². The minimum atomic E-state index is -0.440. The zero-order valence-electron chi connectivity index (χ0n) is 33.6. The van der Waals surface area contributed by atoms with E-state index >= 15 is 0 Å². The number of hydrogen-bond acceptors (Lipinski definition) is 8. The first-order chi connectivity index (χ1) is 29.7. The summed E-state index contributed by atoms with van der Waals surface area (Å²) in [5.41, 5.74) is 17.8. The number of aromatic nitrogens is 2. The van der Waals surface area contributed by atoms with Gasteiger partial charge in [0.25, 0.3) is 0 Å². The summed E-state index contributed by atoms with van der Waals surface area (Å²) < 4.78 is 12.9. The maximum atomic E-state index is 12.4. The number of piperidine rings is 1. The summed E-state index contributed by atoms with van der Waals surface area (Å²) in [7, 11) is 0. The molecule has 0 spiro atoms. The van der Waals surface area contributed by atoms with Crippen molar-refractivity contribution in [2.45, 2.75) is 31.8 Å². The molecule has 6 aromatic carbocycles. The maximum absolute atomic E-state index is 12.4. The predicted molar refractivity (Wildman–Crippen MR) is 238 cm³/mol. The first-order valence-electron chi connectivity index (χ1n) is 20.0. The molecule has 0 unspecified atom stereocenters. The van der Waals surface area contributed by atoms with E-state index in [1.807, 2.05) is 72.9 Å². The highest BCUT2D eigenvalue weighted by Crippen LogP contribution is 2.28. The number of ether oxygens (including phenoxy) is 2. The summed E-state index contributed by atoms with van der Waals surface area (Å²) in [6, 6.07) is 48.9. The fourth-order valence-electron chi connectivity index (χ4n) is 7.12. The molecule has 306 valence electrons. The van der Waals surface area contributed by atoms with Crippen molar-refractivity contribution in [1.29, 1.82) is 10.8 Å². The molecule has 0 aliphatic carbocycles. The van der Waals surface area contributed by atoms with Crippen molar-refractivity contribution in [2.24, 2.45) is 11.5 Å². The molecule has 11 nitrogen and oxygen atoms in total. The maximum Gasteiger partial charge on any atom is 0.343 e. The number of esters is 2. The number of nitrogens with one attached hydrogen (secondary N) is 2. The lowest BCUT2D eigenvalue weighted by Crippen LogP contribution is -2.32. The van der Waals surface area contributed by atoms with Crippen LogP contribution in [-0.4, -0.2) is 51.2 Å². The van der Waals surface area contributed by atoms with Gasteiger partial charge in [-0.1, -0.05) is 84.9 Å². The number of likely N-dealkylation sites (tertiary alicyclic amines) is 1. The third kappa shape index (κ3) is 11.3. The van der Waals surface area contributed by atoms with Crippen LogP contribution < -0.4 is 20.9 Å². The number of carbonyl (C=O) groups is 2. The molecule has 11 heteroatoms. The van der Waals surface area contributed by atoms with E-state index in [9.17, 15) is 9.59 Å². The zero-order valence-corrected chi connectivity index (χ0v) is 33.6. The normalized spacial score (nSPS) is 12.7. The van der Waals surface area contributed by atoms with Gasteiger partial charge in [-0.05, 0) is 121 Å². The summed E-state index contributed by atoms with van der Waals surface area (Å²) >= 11 is 0. The van der Waals surface area contributed by atoms with Crippen LogP contribution in [0.15, 0.2) is 170 Å². The Morgan fingerprint density at radius 3 is 1.49 bits per heavy atom. The second-order valence-corrected chi connectivity index (χ2v) is 14.8. The minimum absolute atomic E-state index is 0.0160. The fourth-order valence-corrected chi connectivity index (χ4v) is 7.12. The zero-order chi connectivity index (χ0) is 42.6. The number of benzene rings is 6. The Kier molecular flexibility index (Phi) is 13.5. The van der Waals surface area contributed by atoms with Gasteiger partial charge >= 0.3 is 11.9 Å². The van der Waals surface area contributed by atoms with Gasteiger partial charge in [-0.15, -0.1) is 0 Å². The van der Waals surface area contributed by atoms with Crippen LogP contribution in [0.4, 0.5) is 0 Å². The van der Waals surface area contributed by atoms with E-state index in [-0.39, 0.29) is 11.7 Å². The average molecular weight is 810 g/mol. The molecule has 0 bridgehead atoms. The molecule has 1 aliphatic rings. The third-order valence-corrected chi connectivity index (χ3v) is 10.5. The minimum Gasteiger partial charge on any atom is -0.423 e. The molecule has 6 N–H and O–H groups in total. The van der Waals surface area contributed by atoms with Crippen molar-refractivity contribution in [3.05, 3.63) is 209 Å². The standard InChI is InChI=1S/C26H27N3O2.C24H20N4O2/c27-25(28)22-10-12-24(13-11-22)31-26(30)23-8-6-19(7-9-23)18-29-16-14-21(15-17-29)20-4-2-1-3-5-20;25-22(26)18-10-12-21(13-11-18)30-24(29)20-8-6-17(7-9-20)16-28-15-14-27-23(28)19-4-2-1-3-5-19/h1-13,21H,14-18H2,(H3,27,28);1-15H,16H2,(H3,25,26). The van der Waals surface area contributed by atoms with Gasteiger partial charge in [0.05, 0.1) is 11.1 Å². The molecule has 0 radical (unpaired) electrons. The number of nitrogen functional groups attached to an aromatic ring is 2. The number of nitrogens with two attached hydrogens (primary N) is 2. The topological polar surface area (TPSA) is 173 Å². The van der Waals surface area contributed by atoms with Gasteiger partial charge in [0.15, 0.2) is 0 Å². The van der Waals surface area contributed by atoms with E-state index in [0.29, 0.717) is 46.2 Å². The Hall–Kier alpha value is -7.63. The Labute approximate surface area is 355 Å². The number of hydrogen-bond donors (Lipinski definition) is 4. The molecule has 1 aliphatic heterocycles. The second kappa shape index (κ2) is 19.9. The predicted octanol–water partition coefficient (Wildman–Crippen LogP) is 8.67. The lowest BCUT2D eigenvalue weighted by molar-refractivity contribution is 0.0725. The molecule has 7 aromatic rings. The summed E-state index contributed by atoms with van der Waals surface area (Å²) in [6.07, 6.45) is 6.08. The van der Waals surface area contributed by atoms with Gasteiger partial charge in [-0.2, -0.15) is 0 Å². The first-order valence-corrected chi connectivity index (χ1v) is 20.0. The van der Waals surface area contributed by atoms with Crippen molar-refractivity contribution in [2.75, 3.05) is 13.1 Å². The monoisotopic (exact) mass is 809 g/mol. The fraction of sp³-hybridized carbons (Fsp3) is 0.140. The Bertz CT molecular complexity index is 2550. The number of amidine groups is 2. The van der Waals surface area contributed by atoms with Crippen molar-refractivity contribution < 1.29 is 19.1 Å². The summed E-state index contributed by atoms with van der Waals surface area (Å²) in [5.74, 6) is 1.50. The van der Waals surface area contributed by atoms with Gasteiger partial charge in [0.1, 0.15) is 29.0 Å². The molecule has 1 saturated heterocycles. The highest BCUT2D eigenvalue weighted by molar-refractivity contribution is 5.96. The summed E-state index contributed by atoms with van der Waals surface area (Å²) in [6.45, 7) is 3.70. The Balaban J connectivity index is 0.000000184. The van der Waals surface area contributed by atoms with Crippen LogP contribution in [-0.2, 0) is 13.1 Å². The molecular formula is C50H47N7O4. The van der Waals surface area contributed by atoms with Gasteiger partial charge in [0.2, 0.25) is 0 Å². The van der Waals surface area contributed by atoms with Crippen molar-refractivity contribution in [1.82, 2.24) is 14.5 Å². The second-order valence-electron chi connectivity index (χ2n) is 14.8. The molecule has 61 heavy (non-hydrogen) atoms. The molecule has 0 atom stereocenters. The smallest absolute Gasteiger partial charge is 0.343 e. The number of nitrogens with zero attached hydrogens (tertiary/aromatic N) is 3. The SMILES string of the molecule is N=C(N)c1ccc(OC(=O)c2ccc(CN3CCC(c4ccccc4)CC3)cc2)cc1.N=C(N)c1ccc(OC(=O)c2ccc(Cn3ccnc3-c3ccccc3)cc2)cc1. The van der Waals surface area contributed by atoms with Gasteiger partial charge < -0.3 is 25.5 Å². The molecule has 8 rings (SSSR count). The summed E-state index contributed by atoms with van der Waals surface area (Å²) in [4.78, 5) is 31.7. The number of rotatable bonds is 12. The van der Waals surface area contributed by atoms with E-state index in [1.54, 1.807) is 66.9 Å². The molecular weight excluding hydrogens is 763 g/mol. The van der Waals surface area contributed by atoms with Crippen LogP contribution in [0.5, 0.6) is 11.5 Å². The van der Waals surface area contributed by atoms with E-state index in [2.05, 4.69) is 44.8 Å². The highest BCUT2D eigenvalue weighted by atomic mass is 16.5. The van der Waals surface area contributed by atoms with E-state index in [4.69, 9.17) is 31.8 Å². The van der Waals surface area contributed by atoms with E-state index in [0.717, 1.165) is 36.6 Å². The first kappa shape index (κ1) is 41.5. The third-order valence-electron chi connectivity index (χ3n) is 10.5. The van der Waals surface area contributed by atoms with Crippen LogP contribution in [0.1, 0.15) is 67.3 Å². The van der Waals surface area contributed by atoms with Crippen molar-refractivity contribution in [3.8, 4) is 22.9 Å². The quantitative estimate of drug-likeness (QED) is 0.0411.